The molecule has 3 atom stereocenters. The Bertz CT molecular complexity index is 1700. The van der Waals surface area contributed by atoms with Gasteiger partial charge < -0.3 is 10.3 Å². The molecule has 0 saturated carbocycles. The largest absolute Gasteiger partial charge is 0.361 e. The van der Waals surface area contributed by atoms with Crippen LogP contribution >= 0.6 is 20.8 Å². The van der Waals surface area contributed by atoms with Crippen molar-refractivity contribution in [2.75, 3.05) is 0 Å². The predicted molar refractivity (Wildman–Crippen MR) is 151 cm³/mol. The number of hydrogen-bond acceptors (Lipinski definition) is 2. The van der Waals surface area contributed by atoms with E-state index >= 15 is 8.78 Å². The number of nitrogens with zero attached hydrogens (tertiary/aromatic N) is 1. The number of aromatic nitrogens is 2. The highest BCUT2D eigenvalue weighted by molar-refractivity contribution is 7.18. The number of hydrogen-bond donors (Lipinski definition) is 2. The van der Waals surface area contributed by atoms with E-state index in [1.54, 1.807) is 36.4 Å². The maximum Gasteiger partial charge on any atom is 0.274 e. The molecule has 5 rings (SSSR count). The summed E-state index contributed by atoms with van der Waals surface area (Å²) < 4.78 is 72.3. The number of carbonyl (C=O) groups excluding carboxylic acids is 1. The highest BCUT2D eigenvalue weighted by atomic mass is 35.5. The molecule has 0 saturated heterocycles. The van der Waals surface area contributed by atoms with E-state index < -0.39 is 41.0 Å². The van der Waals surface area contributed by atoms with Crippen LogP contribution in [0.2, 0.25) is 5.02 Å². The minimum Gasteiger partial charge on any atom is -0.361 e. The normalized spacial score (nSPS) is 13.2. The molecule has 2 aromatic heterocycles. The third-order valence-corrected chi connectivity index (χ3v) is 7.22. The number of fused-ring (bicyclic) bond motifs is 1. The number of H-pyrrole nitrogens is 1. The minimum atomic E-state index is -3.65. The van der Waals surface area contributed by atoms with Crippen molar-refractivity contribution < 1.29 is 26.7 Å². The second-order valence-electron chi connectivity index (χ2n) is 9.53. The molecule has 0 spiro atoms. The van der Waals surface area contributed by atoms with Crippen molar-refractivity contribution in [1.82, 2.24) is 15.3 Å². The second kappa shape index (κ2) is 11.6. The van der Waals surface area contributed by atoms with E-state index in [4.69, 9.17) is 11.6 Å². The molecule has 0 aliphatic rings. The van der Waals surface area contributed by atoms with Crippen LogP contribution in [-0.4, -0.2) is 21.5 Å². The Hall–Kier alpha value is -3.81. The van der Waals surface area contributed by atoms with Crippen LogP contribution in [0.5, 0.6) is 0 Å². The maximum atomic E-state index is 15.1. The van der Waals surface area contributed by atoms with Gasteiger partial charge in [-0.3, -0.25) is 9.78 Å². The fourth-order valence-electron chi connectivity index (χ4n) is 4.88. The number of benzene rings is 3. The Morgan fingerprint density at radius 3 is 2.37 bits per heavy atom. The zero-order valence-corrected chi connectivity index (χ0v) is 23.1. The quantitative estimate of drug-likeness (QED) is 0.140. The third kappa shape index (κ3) is 6.42. The number of aromatic amines is 1. The van der Waals surface area contributed by atoms with E-state index in [1.165, 1.54) is 33.8 Å². The number of halogens is 6. The van der Waals surface area contributed by atoms with Crippen molar-refractivity contribution in [3.63, 3.8) is 0 Å². The second-order valence-corrected chi connectivity index (χ2v) is 10.7. The Kier molecular flexibility index (Phi) is 8.11. The highest BCUT2D eigenvalue weighted by Gasteiger charge is 2.43. The van der Waals surface area contributed by atoms with Gasteiger partial charge in [0, 0.05) is 39.9 Å². The number of alkyl halides is 2. The molecule has 2 heterocycles. The summed E-state index contributed by atoms with van der Waals surface area (Å²) in [6.07, 6.45) is 2.53. The van der Waals surface area contributed by atoms with Crippen LogP contribution in [0.4, 0.5) is 22.0 Å². The minimum absolute atomic E-state index is 0.119. The fraction of sp³-hybridized carbons (Fsp3) is 0.133. The standard InChI is InChI=1S/C30H22ClF5N3OP/c31-18-5-3-17(4-6-18)22-2-1-9-37-28(22)26(12-16-10-20(33)13-21(34)11-16)39-29(40)27(30(35,36)41)24-15-38-25-8-7-19(32)14-23(24)25/h1-11,13-15,26-27,38H,12,41H2,(H,39,40). The van der Waals surface area contributed by atoms with Gasteiger partial charge in [-0.1, -0.05) is 39.0 Å². The average Bonchev–Trinajstić information content (AvgIpc) is 3.30. The van der Waals surface area contributed by atoms with Crippen molar-refractivity contribution in [3.05, 3.63) is 124 Å². The van der Waals surface area contributed by atoms with Gasteiger partial charge in [0.2, 0.25) is 5.91 Å². The lowest BCUT2D eigenvalue weighted by atomic mass is 9.93. The molecule has 11 heteroatoms. The maximum absolute atomic E-state index is 15.1. The molecule has 3 unspecified atom stereocenters. The molecular formula is C30H22ClF5N3OP. The fourth-order valence-corrected chi connectivity index (χ4v) is 5.34. The van der Waals surface area contributed by atoms with Gasteiger partial charge in [-0.25, -0.2) is 22.0 Å². The lowest BCUT2D eigenvalue weighted by Gasteiger charge is -2.27. The lowest BCUT2D eigenvalue weighted by molar-refractivity contribution is -0.127. The van der Waals surface area contributed by atoms with Crippen molar-refractivity contribution in [2.45, 2.75) is 24.0 Å². The van der Waals surface area contributed by atoms with E-state index in [0.717, 1.165) is 18.2 Å². The van der Waals surface area contributed by atoms with Crippen molar-refractivity contribution in [2.24, 2.45) is 0 Å². The summed E-state index contributed by atoms with van der Waals surface area (Å²) in [7, 11) is 1.37. The molecule has 5 aromatic rings. The summed E-state index contributed by atoms with van der Waals surface area (Å²) in [5.41, 5.74) is -1.73. The van der Waals surface area contributed by atoms with Gasteiger partial charge in [0.1, 0.15) is 23.4 Å². The van der Waals surface area contributed by atoms with E-state index in [1.807, 2.05) is 0 Å². The monoisotopic (exact) mass is 601 g/mol. The molecule has 0 aliphatic carbocycles. The first kappa shape index (κ1) is 28.7. The van der Waals surface area contributed by atoms with Gasteiger partial charge in [0.05, 0.1) is 11.7 Å². The summed E-state index contributed by atoms with van der Waals surface area (Å²) in [5.74, 6) is -5.47. The first-order chi connectivity index (χ1) is 19.5. The summed E-state index contributed by atoms with van der Waals surface area (Å²) in [6.45, 7) is 0. The van der Waals surface area contributed by atoms with E-state index in [2.05, 4.69) is 15.3 Å². The third-order valence-electron chi connectivity index (χ3n) is 6.64. The summed E-state index contributed by atoms with van der Waals surface area (Å²) in [6, 6.07) is 15.6. The molecule has 0 fully saturated rings. The van der Waals surface area contributed by atoms with Crippen molar-refractivity contribution in [3.8, 4) is 11.1 Å². The molecule has 0 bridgehead atoms. The Labute approximate surface area is 239 Å². The number of carbonyl (C=O) groups is 1. The first-order valence-corrected chi connectivity index (χ1v) is 13.3. The molecule has 1 amide bonds. The van der Waals surface area contributed by atoms with Gasteiger partial charge in [-0.15, -0.1) is 0 Å². The van der Waals surface area contributed by atoms with Crippen molar-refractivity contribution in [1.29, 1.82) is 0 Å². The Morgan fingerprint density at radius 1 is 0.976 bits per heavy atom. The van der Waals surface area contributed by atoms with Crippen LogP contribution in [0.1, 0.15) is 28.8 Å². The van der Waals surface area contributed by atoms with E-state index in [9.17, 15) is 18.0 Å². The number of nitrogens with one attached hydrogen (secondary N) is 2. The summed E-state index contributed by atoms with van der Waals surface area (Å²) in [5, 5.41) is 3.25. The topological polar surface area (TPSA) is 57.8 Å². The zero-order valence-electron chi connectivity index (χ0n) is 21.1. The van der Waals surface area contributed by atoms with E-state index in [-0.39, 0.29) is 28.6 Å². The van der Waals surface area contributed by atoms with Crippen LogP contribution in [0.3, 0.4) is 0 Å². The lowest BCUT2D eigenvalue weighted by Crippen LogP contribution is -2.39. The van der Waals surface area contributed by atoms with Crippen LogP contribution in [-0.2, 0) is 11.2 Å². The number of pyridine rings is 1. The van der Waals surface area contributed by atoms with Crippen LogP contribution in [0, 0.1) is 17.5 Å². The Morgan fingerprint density at radius 2 is 1.68 bits per heavy atom. The molecular weight excluding hydrogens is 580 g/mol. The summed E-state index contributed by atoms with van der Waals surface area (Å²) >= 11 is 6.04. The molecule has 0 aliphatic heterocycles. The summed E-state index contributed by atoms with van der Waals surface area (Å²) in [4.78, 5) is 20.9. The van der Waals surface area contributed by atoms with Crippen LogP contribution in [0.25, 0.3) is 22.0 Å². The van der Waals surface area contributed by atoms with Crippen molar-refractivity contribution >= 4 is 37.7 Å². The molecule has 4 nitrogen and oxygen atoms in total. The highest BCUT2D eigenvalue weighted by Crippen LogP contribution is 2.42. The molecule has 41 heavy (non-hydrogen) atoms. The molecule has 3 aromatic carbocycles. The van der Waals surface area contributed by atoms with E-state index in [0.29, 0.717) is 27.7 Å². The molecule has 0 radical (unpaired) electrons. The Balaban J connectivity index is 1.60. The smallest absolute Gasteiger partial charge is 0.274 e. The molecule has 210 valence electrons. The van der Waals surface area contributed by atoms with Crippen LogP contribution < -0.4 is 5.32 Å². The SMILES string of the molecule is O=C(NC(Cc1cc(F)cc(F)c1)c1ncccc1-c1ccc(Cl)cc1)C(c1c[nH]c2ccc(F)cc12)C(F)(F)P. The number of rotatable bonds is 8. The van der Waals surface area contributed by atoms with Gasteiger partial charge in [0.25, 0.3) is 5.66 Å². The van der Waals surface area contributed by atoms with Gasteiger partial charge in [0.15, 0.2) is 0 Å². The first-order valence-electron chi connectivity index (χ1n) is 12.4. The molecule has 2 N–H and O–H groups in total. The number of amides is 1. The predicted octanol–water partition coefficient (Wildman–Crippen LogP) is 7.95. The van der Waals surface area contributed by atoms with Crippen LogP contribution in [0.15, 0.2) is 85.2 Å². The van der Waals surface area contributed by atoms with Gasteiger partial charge in [-0.05, 0) is 71.6 Å². The zero-order chi connectivity index (χ0) is 29.3. The van der Waals surface area contributed by atoms with Gasteiger partial charge in [-0.2, -0.15) is 0 Å². The van der Waals surface area contributed by atoms with Gasteiger partial charge >= 0.3 is 0 Å². The average molecular weight is 602 g/mol.